The van der Waals surface area contributed by atoms with Gasteiger partial charge in [-0.05, 0) is 38.5 Å². The topological polar surface area (TPSA) is 72.8 Å². The van der Waals surface area contributed by atoms with Crippen LogP contribution >= 0.6 is 0 Å². The molecule has 0 fully saturated rings. The van der Waals surface area contributed by atoms with E-state index in [0.717, 1.165) is 32.1 Å². The molecule has 0 aromatic heterocycles. The molecule has 0 rings (SSSR count). The van der Waals surface area contributed by atoms with E-state index in [-0.39, 0.29) is 25.1 Å². The molecule has 0 heterocycles. The van der Waals surface area contributed by atoms with Crippen LogP contribution in [0.2, 0.25) is 0 Å². The van der Waals surface area contributed by atoms with Gasteiger partial charge in [0.25, 0.3) is 0 Å². The quantitative estimate of drug-likeness (QED) is 0.0889. The molecule has 0 amide bonds. The van der Waals surface area contributed by atoms with E-state index in [2.05, 4.69) is 19.9 Å². The first-order valence-electron chi connectivity index (χ1n) is 13.8. The fourth-order valence-corrected chi connectivity index (χ4v) is 3.79. The van der Waals surface area contributed by atoms with E-state index in [4.69, 9.17) is 9.47 Å². The summed E-state index contributed by atoms with van der Waals surface area (Å²) in [7, 11) is 3.84. The van der Waals surface area contributed by atoms with Gasteiger partial charge in [-0.3, -0.25) is 4.79 Å². The predicted molar refractivity (Wildman–Crippen MR) is 139 cm³/mol. The first kappa shape index (κ1) is 32.6. The largest absolute Gasteiger partial charge is 0.460 e. The van der Waals surface area contributed by atoms with Crippen molar-refractivity contribution in [2.45, 2.75) is 123 Å². The van der Waals surface area contributed by atoms with Crippen LogP contribution in [0.5, 0.6) is 0 Å². The highest BCUT2D eigenvalue weighted by atomic mass is 16.6. The van der Waals surface area contributed by atoms with Gasteiger partial charge < -0.3 is 19.1 Å². The Labute approximate surface area is 209 Å². The molecule has 34 heavy (non-hydrogen) atoms. The van der Waals surface area contributed by atoms with Gasteiger partial charge in [0.15, 0.2) is 6.54 Å². The Hall–Kier alpha value is -1.40. The number of carbonyl (C=O) groups excluding carboxylic acids is 2. The number of quaternary nitrogens is 1. The van der Waals surface area contributed by atoms with Gasteiger partial charge in [0, 0.05) is 6.42 Å². The summed E-state index contributed by atoms with van der Waals surface area (Å²) in [5.74, 6) is -0.518. The molecule has 0 saturated carbocycles. The number of unbranched alkanes of at least 4 members (excludes halogenated alkanes) is 8. The lowest BCUT2D eigenvalue weighted by atomic mass is 10.0. The lowest BCUT2D eigenvalue weighted by Crippen LogP contribution is -2.48. The van der Waals surface area contributed by atoms with Gasteiger partial charge in [0.2, 0.25) is 0 Å². The number of rotatable bonds is 22. The van der Waals surface area contributed by atoms with Crippen LogP contribution < -0.4 is 0 Å². The molecule has 0 aromatic rings. The van der Waals surface area contributed by atoms with Gasteiger partial charge in [0.1, 0.15) is 19.3 Å². The molecule has 200 valence electrons. The van der Waals surface area contributed by atoms with Crippen molar-refractivity contribution < 1.29 is 28.7 Å². The van der Waals surface area contributed by atoms with Crippen molar-refractivity contribution in [3.05, 3.63) is 12.2 Å². The van der Waals surface area contributed by atoms with Crippen LogP contribution in [0.4, 0.5) is 0 Å². The summed E-state index contributed by atoms with van der Waals surface area (Å²) in [4.78, 5) is 24.2. The normalized spacial score (nSPS) is 13.7. The summed E-state index contributed by atoms with van der Waals surface area (Å²) in [6, 6.07) is 0. The second-order valence-corrected chi connectivity index (χ2v) is 10.1. The minimum absolute atomic E-state index is 0.177. The summed E-state index contributed by atoms with van der Waals surface area (Å²) in [6.07, 6.45) is 17.1. The van der Waals surface area contributed by atoms with Gasteiger partial charge in [-0.2, -0.15) is 0 Å². The average Bonchev–Trinajstić information content (AvgIpc) is 2.77. The number of nitrogens with zero attached hydrogens (tertiary/aromatic N) is 1. The smallest absolute Gasteiger partial charge is 0.362 e. The highest BCUT2D eigenvalue weighted by Gasteiger charge is 2.27. The maximum absolute atomic E-state index is 12.7. The van der Waals surface area contributed by atoms with Crippen LogP contribution in [0.25, 0.3) is 0 Å². The number of aliphatic hydroxyl groups excluding tert-OH is 1. The molecule has 2 unspecified atom stereocenters. The van der Waals surface area contributed by atoms with Crippen LogP contribution in [-0.2, 0) is 19.1 Å². The monoisotopic (exact) mass is 484 g/mol. The van der Waals surface area contributed by atoms with Crippen LogP contribution in [0.1, 0.15) is 111 Å². The zero-order valence-electron chi connectivity index (χ0n) is 22.9. The minimum atomic E-state index is -0.688. The molecule has 0 spiro atoms. The van der Waals surface area contributed by atoms with Crippen molar-refractivity contribution >= 4 is 11.9 Å². The Morgan fingerprint density at radius 1 is 0.853 bits per heavy atom. The summed E-state index contributed by atoms with van der Waals surface area (Å²) in [5.41, 5.74) is 0. The van der Waals surface area contributed by atoms with Crippen molar-refractivity contribution in [1.82, 2.24) is 0 Å². The van der Waals surface area contributed by atoms with Crippen molar-refractivity contribution in [2.75, 3.05) is 33.8 Å². The maximum Gasteiger partial charge on any atom is 0.362 e. The van der Waals surface area contributed by atoms with E-state index < -0.39 is 12.2 Å². The molecule has 0 bridgehead atoms. The molecule has 2 atom stereocenters. The van der Waals surface area contributed by atoms with E-state index >= 15 is 0 Å². The highest BCUT2D eigenvalue weighted by molar-refractivity contribution is 5.71. The van der Waals surface area contributed by atoms with Gasteiger partial charge in [0.05, 0.1) is 20.2 Å². The van der Waals surface area contributed by atoms with E-state index in [1.165, 1.54) is 38.5 Å². The number of esters is 2. The number of aliphatic hydroxyl groups is 1. The number of hydrogen-bond acceptors (Lipinski definition) is 5. The van der Waals surface area contributed by atoms with Crippen molar-refractivity contribution in [1.29, 1.82) is 0 Å². The van der Waals surface area contributed by atoms with E-state index in [0.29, 0.717) is 30.3 Å². The Kier molecular flexibility index (Phi) is 20.1. The second-order valence-electron chi connectivity index (χ2n) is 10.1. The molecular weight excluding hydrogens is 430 g/mol. The zero-order chi connectivity index (χ0) is 25.7. The molecule has 0 aromatic carbocycles. The Morgan fingerprint density at radius 3 is 2.18 bits per heavy atom. The molecule has 0 aliphatic heterocycles. The van der Waals surface area contributed by atoms with E-state index in [1.807, 2.05) is 27.1 Å². The predicted octanol–water partition coefficient (Wildman–Crippen LogP) is 5.96. The number of ether oxygens (including phenoxy) is 2. The van der Waals surface area contributed by atoms with Crippen LogP contribution in [0.3, 0.4) is 0 Å². The Bertz CT molecular complexity index is 547. The molecular formula is C28H54NO5+. The Morgan fingerprint density at radius 2 is 1.50 bits per heavy atom. The summed E-state index contributed by atoms with van der Waals surface area (Å²) in [6.45, 7) is 7.30. The lowest BCUT2D eigenvalue weighted by molar-refractivity contribution is -0.883. The Balaban J connectivity index is 4.51. The first-order chi connectivity index (χ1) is 16.3. The van der Waals surface area contributed by atoms with Crippen LogP contribution in [0.15, 0.2) is 12.2 Å². The third-order valence-electron chi connectivity index (χ3n) is 6.04. The molecule has 1 N–H and O–H groups in total. The number of carbonyl (C=O) groups is 2. The SMILES string of the molecule is CCCCCCCC/C=C\CC(O)C(CCCCC)OC(=O)C[N+](C)(C)CCOC(=O)CCC. The summed E-state index contributed by atoms with van der Waals surface area (Å²) in [5, 5.41) is 10.7. The maximum atomic E-state index is 12.7. The standard InChI is InChI=1S/C28H54NO5/c1-6-9-11-12-13-14-15-16-18-20-25(30)26(21-17-10-7-2)34-28(32)24-29(4,5)22-23-33-27(31)19-8-3/h16,18,25-26,30H,6-15,17,19-24H2,1-5H3/q+1/b18-16-. The molecule has 6 nitrogen and oxygen atoms in total. The van der Waals surface area contributed by atoms with Gasteiger partial charge in [-0.25, -0.2) is 4.79 Å². The second kappa shape index (κ2) is 20.9. The molecule has 0 radical (unpaired) electrons. The number of hydrogen-bond donors (Lipinski definition) is 1. The lowest BCUT2D eigenvalue weighted by Gasteiger charge is -2.30. The summed E-state index contributed by atoms with van der Waals surface area (Å²) < 4.78 is 11.3. The third-order valence-corrected chi connectivity index (χ3v) is 6.04. The molecule has 6 heteroatoms. The molecule has 0 aliphatic carbocycles. The van der Waals surface area contributed by atoms with Crippen molar-refractivity contribution in [3.8, 4) is 0 Å². The highest BCUT2D eigenvalue weighted by Crippen LogP contribution is 2.15. The van der Waals surface area contributed by atoms with Crippen LogP contribution in [0, 0.1) is 0 Å². The first-order valence-corrected chi connectivity index (χ1v) is 13.8. The number of allylic oxidation sites excluding steroid dienone is 1. The fraction of sp³-hybridized carbons (Fsp3) is 0.857. The van der Waals surface area contributed by atoms with Crippen molar-refractivity contribution in [3.63, 3.8) is 0 Å². The van der Waals surface area contributed by atoms with Gasteiger partial charge in [-0.15, -0.1) is 0 Å². The fourth-order valence-electron chi connectivity index (χ4n) is 3.79. The molecule has 0 aliphatic rings. The van der Waals surface area contributed by atoms with Crippen LogP contribution in [-0.4, -0.2) is 67.5 Å². The van der Waals surface area contributed by atoms with E-state index in [1.54, 1.807) is 0 Å². The zero-order valence-corrected chi connectivity index (χ0v) is 22.9. The van der Waals surface area contributed by atoms with E-state index in [9.17, 15) is 14.7 Å². The van der Waals surface area contributed by atoms with Gasteiger partial charge >= 0.3 is 11.9 Å². The summed E-state index contributed by atoms with van der Waals surface area (Å²) >= 11 is 0. The number of likely N-dealkylation sites (N-methyl/N-ethyl adjacent to an activating group) is 1. The third kappa shape index (κ3) is 19.0. The molecule has 0 saturated heterocycles. The average molecular weight is 485 g/mol. The van der Waals surface area contributed by atoms with Crippen molar-refractivity contribution in [2.24, 2.45) is 0 Å². The minimum Gasteiger partial charge on any atom is -0.460 e. The van der Waals surface area contributed by atoms with Gasteiger partial charge in [-0.1, -0.05) is 77.9 Å².